The van der Waals surface area contributed by atoms with E-state index in [1.807, 2.05) is 50.3 Å². The molecule has 1 aliphatic heterocycles. The lowest BCUT2D eigenvalue weighted by molar-refractivity contribution is 0.420. The molecule has 1 aromatic rings. The van der Waals surface area contributed by atoms with Gasteiger partial charge in [-0.05, 0) is 48.9 Å². The molecule has 0 spiro atoms. The summed E-state index contributed by atoms with van der Waals surface area (Å²) in [5.74, 6) is 0.673. The van der Waals surface area contributed by atoms with E-state index in [1.54, 1.807) is 0 Å². The van der Waals surface area contributed by atoms with E-state index in [0.717, 1.165) is 16.4 Å². The molecule has 0 radical (unpaired) electrons. The van der Waals surface area contributed by atoms with E-state index >= 15 is 0 Å². The largest absolute Gasteiger partial charge is 0.440 e. The minimum Gasteiger partial charge on any atom is -0.440 e. The predicted octanol–water partition coefficient (Wildman–Crippen LogP) is 2.95. The van der Waals surface area contributed by atoms with Crippen molar-refractivity contribution < 1.29 is 9.42 Å². The molecule has 0 bridgehead atoms. The molecule has 16 heavy (non-hydrogen) atoms. The third-order valence-electron chi connectivity index (χ3n) is 2.52. The summed E-state index contributed by atoms with van der Waals surface area (Å²) >= 11 is 5.17. The highest BCUT2D eigenvalue weighted by atomic mass is 32.5. The van der Waals surface area contributed by atoms with Crippen LogP contribution < -0.4 is 5.30 Å². The maximum absolute atomic E-state index is 10.2. The van der Waals surface area contributed by atoms with Gasteiger partial charge < -0.3 is 9.42 Å². The molecule has 2 rings (SSSR count). The van der Waals surface area contributed by atoms with Gasteiger partial charge in [-0.15, -0.1) is 0 Å². The third kappa shape index (κ3) is 1.86. The van der Waals surface area contributed by atoms with E-state index in [0.29, 0.717) is 5.76 Å². The van der Waals surface area contributed by atoms with Crippen molar-refractivity contribution in [2.24, 2.45) is 0 Å². The van der Waals surface area contributed by atoms with Crippen LogP contribution in [0.4, 0.5) is 0 Å². The summed E-state index contributed by atoms with van der Waals surface area (Å²) in [6, 6.07) is 7.61. The molecule has 0 fully saturated rings. The van der Waals surface area contributed by atoms with Crippen molar-refractivity contribution in [1.82, 2.24) is 0 Å². The first-order chi connectivity index (χ1) is 7.56. The van der Waals surface area contributed by atoms with Crippen LogP contribution in [0.1, 0.15) is 19.4 Å². The summed E-state index contributed by atoms with van der Waals surface area (Å²) in [5.41, 5.74) is 2.01. The first-order valence-electron chi connectivity index (χ1n) is 5.02. The van der Waals surface area contributed by atoms with Gasteiger partial charge in [-0.3, -0.25) is 0 Å². The summed E-state index contributed by atoms with van der Waals surface area (Å²) in [6.45, 7) is 1.01. The molecule has 0 aromatic heterocycles. The minimum absolute atomic E-state index is 0.673. The number of benzene rings is 1. The Bertz CT molecular complexity index is 532. The number of hydrogen-bond donors (Lipinski definition) is 1. The maximum Gasteiger partial charge on any atom is 0.267 e. The van der Waals surface area contributed by atoms with Crippen molar-refractivity contribution in [3.8, 4) is 0 Å². The molecule has 4 heteroatoms. The molecule has 1 unspecified atom stereocenters. The summed E-state index contributed by atoms with van der Waals surface area (Å²) in [5, 5.41) is 0.746. The van der Waals surface area contributed by atoms with Crippen molar-refractivity contribution in [3.05, 3.63) is 47.7 Å². The monoisotopic (exact) mass is 252 g/mol. The number of hydrogen-bond acceptors (Lipinski definition) is 2. The molecule has 1 aromatic carbocycles. The van der Waals surface area contributed by atoms with Gasteiger partial charge in [-0.1, -0.05) is 24.3 Å². The second kappa shape index (κ2) is 4.17. The van der Waals surface area contributed by atoms with Crippen LogP contribution in [-0.4, -0.2) is 4.89 Å². The predicted molar refractivity (Wildman–Crippen MR) is 71.1 cm³/mol. The fourth-order valence-electron chi connectivity index (χ4n) is 1.73. The molecule has 0 saturated carbocycles. The third-order valence-corrected chi connectivity index (χ3v) is 4.78. The van der Waals surface area contributed by atoms with Crippen molar-refractivity contribution in [1.29, 1.82) is 0 Å². The molecule has 0 amide bonds. The zero-order chi connectivity index (χ0) is 11.8. The lowest BCUT2D eigenvalue weighted by Crippen LogP contribution is -2.16. The summed E-state index contributed by atoms with van der Waals surface area (Å²) < 4.78 is 5.53. The number of allylic oxidation sites excluding steroid dienone is 3. The second-order valence-electron chi connectivity index (χ2n) is 3.62. The van der Waals surface area contributed by atoms with Crippen LogP contribution in [-0.2, 0) is 16.3 Å². The molecule has 1 aliphatic rings. The Hall–Kier alpha value is -0.890. The van der Waals surface area contributed by atoms with Gasteiger partial charge in [0.1, 0.15) is 5.76 Å². The van der Waals surface area contributed by atoms with Gasteiger partial charge in [0.25, 0.3) is 6.49 Å². The van der Waals surface area contributed by atoms with Crippen molar-refractivity contribution in [2.45, 2.75) is 13.8 Å². The zero-order valence-corrected chi connectivity index (χ0v) is 10.9. The lowest BCUT2D eigenvalue weighted by atomic mass is 10.1. The standard InChI is InChI=1S/C12H13O2PS/c1-3-6-11-9(2)10-7-4-5-8-12(10)15(13,16)14-11/h3-8H,1-2H3,(H,13,16). The average Bonchev–Trinajstić information content (AvgIpc) is 2.26. The topological polar surface area (TPSA) is 29.5 Å². The fourth-order valence-corrected chi connectivity index (χ4v) is 3.83. The highest BCUT2D eigenvalue weighted by molar-refractivity contribution is 8.13. The van der Waals surface area contributed by atoms with Gasteiger partial charge >= 0.3 is 0 Å². The Balaban J connectivity index is 2.69. The lowest BCUT2D eigenvalue weighted by Gasteiger charge is -2.27. The Kier molecular flexibility index (Phi) is 3.02. The Morgan fingerprint density at radius 3 is 2.75 bits per heavy atom. The fraction of sp³-hybridized carbons (Fsp3) is 0.167. The van der Waals surface area contributed by atoms with Gasteiger partial charge in [-0.2, -0.15) is 0 Å². The van der Waals surface area contributed by atoms with Crippen LogP contribution in [0, 0.1) is 0 Å². The van der Waals surface area contributed by atoms with Crippen molar-refractivity contribution >= 4 is 29.2 Å². The maximum atomic E-state index is 10.2. The second-order valence-corrected chi connectivity index (χ2v) is 6.81. The van der Waals surface area contributed by atoms with Crippen LogP contribution in [0.3, 0.4) is 0 Å². The normalized spacial score (nSPS) is 24.4. The summed E-state index contributed by atoms with van der Waals surface area (Å²) in [6.07, 6.45) is 3.71. The van der Waals surface area contributed by atoms with E-state index in [4.69, 9.17) is 16.3 Å². The van der Waals surface area contributed by atoms with Crippen LogP contribution >= 0.6 is 6.49 Å². The molecular weight excluding hydrogens is 239 g/mol. The number of fused-ring (bicyclic) bond motifs is 1. The van der Waals surface area contributed by atoms with E-state index in [9.17, 15) is 4.89 Å². The molecule has 0 saturated heterocycles. The molecule has 84 valence electrons. The van der Waals surface area contributed by atoms with Gasteiger partial charge in [-0.25, -0.2) is 0 Å². The van der Waals surface area contributed by atoms with Crippen LogP contribution in [0.2, 0.25) is 0 Å². The summed E-state index contributed by atoms with van der Waals surface area (Å²) in [4.78, 5) is 10.2. The highest BCUT2D eigenvalue weighted by Crippen LogP contribution is 2.50. The first-order valence-corrected chi connectivity index (χ1v) is 7.69. The van der Waals surface area contributed by atoms with Crippen molar-refractivity contribution in [3.63, 3.8) is 0 Å². The van der Waals surface area contributed by atoms with Gasteiger partial charge in [0.05, 0.1) is 5.30 Å². The van der Waals surface area contributed by atoms with Crippen LogP contribution in [0.25, 0.3) is 5.57 Å². The highest BCUT2D eigenvalue weighted by Gasteiger charge is 2.28. The molecule has 1 atom stereocenters. The van der Waals surface area contributed by atoms with Gasteiger partial charge in [0.15, 0.2) is 0 Å². The van der Waals surface area contributed by atoms with Gasteiger partial charge in [0.2, 0.25) is 0 Å². The zero-order valence-electron chi connectivity index (χ0n) is 9.18. The number of rotatable bonds is 1. The van der Waals surface area contributed by atoms with E-state index in [1.165, 1.54) is 0 Å². The quantitative estimate of drug-likeness (QED) is 0.779. The summed E-state index contributed by atoms with van der Waals surface area (Å²) in [7, 11) is 0. The Labute approximate surface area is 100 Å². The molecular formula is C12H13O2PS. The van der Waals surface area contributed by atoms with Crippen LogP contribution in [0.15, 0.2) is 42.2 Å². The molecule has 2 nitrogen and oxygen atoms in total. The van der Waals surface area contributed by atoms with E-state index < -0.39 is 6.49 Å². The minimum atomic E-state index is -2.88. The average molecular weight is 252 g/mol. The van der Waals surface area contributed by atoms with Crippen LogP contribution in [0.5, 0.6) is 0 Å². The first kappa shape index (κ1) is 11.6. The molecule has 1 N–H and O–H groups in total. The van der Waals surface area contributed by atoms with E-state index in [-0.39, 0.29) is 0 Å². The van der Waals surface area contributed by atoms with Gasteiger partial charge in [0, 0.05) is 0 Å². The van der Waals surface area contributed by atoms with E-state index in [2.05, 4.69) is 0 Å². The Morgan fingerprint density at radius 1 is 1.38 bits per heavy atom. The molecule has 0 aliphatic carbocycles. The smallest absolute Gasteiger partial charge is 0.267 e. The van der Waals surface area contributed by atoms with Crippen molar-refractivity contribution in [2.75, 3.05) is 0 Å². The molecule has 1 heterocycles. The SMILES string of the molecule is CC=CC1=C(C)c2ccccc2P(O)(=S)O1. The Morgan fingerprint density at radius 2 is 2.06 bits per heavy atom.